The Balaban J connectivity index is -0.000000191. The van der Waals surface area contributed by atoms with E-state index in [0.29, 0.717) is 5.41 Å². The molecule has 0 aliphatic carbocycles. The molecule has 1 aromatic rings. The third-order valence-corrected chi connectivity index (χ3v) is 2.28. The van der Waals surface area contributed by atoms with Crippen LogP contribution in [0.15, 0.2) is 37.1 Å². The lowest BCUT2D eigenvalue weighted by molar-refractivity contribution is 0.463. The third-order valence-electron chi connectivity index (χ3n) is 2.28. The van der Waals surface area contributed by atoms with E-state index < -0.39 is 0 Å². The predicted octanol–water partition coefficient (Wildman–Crippen LogP) is 5.66. The van der Waals surface area contributed by atoms with Gasteiger partial charge < -0.3 is 0 Å². The SMILES string of the molecule is C.C=CC(C)(C)CC.CC.Cc1ccccn1. The first-order valence-corrected chi connectivity index (χ1v) is 6.03. The standard InChI is InChI=1S/C7H14.C6H7N.C2H6.CH4/c1-5-7(3,4)6-2;1-6-4-2-3-5-7-6;1-2;/h5H,1,6H2,2-4H3;2-5H,1H3;1-2H3;1H4. The van der Waals surface area contributed by atoms with Crippen molar-refractivity contribution in [1.29, 1.82) is 0 Å². The zero-order valence-electron chi connectivity index (χ0n) is 11.7. The highest BCUT2D eigenvalue weighted by atomic mass is 14.6. The molecule has 1 aromatic heterocycles. The zero-order valence-corrected chi connectivity index (χ0v) is 11.7. The summed E-state index contributed by atoms with van der Waals surface area (Å²) in [5.41, 5.74) is 1.42. The van der Waals surface area contributed by atoms with E-state index in [4.69, 9.17) is 0 Å². The van der Waals surface area contributed by atoms with E-state index in [1.165, 1.54) is 6.42 Å². The summed E-state index contributed by atoms with van der Waals surface area (Å²) >= 11 is 0. The fourth-order valence-corrected chi connectivity index (χ4v) is 0.592. The van der Waals surface area contributed by atoms with Crippen molar-refractivity contribution in [1.82, 2.24) is 4.98 Å². The van der Waals surface area contributed by atoms with Gasteiger partial charge in [-0.3, -0.25) is 4.98 Å². The summed E-state index contributed by atoms with van der Waals surface area (Å²) in [5, 5.41) is 0. The minimum atomic E-state index is 0. The number of aromatic nitrogens is 1. The van der Waals surface area contributed by atoms with Gasteiger partial charge in [-0.05, 0) is 30.9 Å². The fraction of sp³-hybridized carbons (Fsp3) is 0.562. The normalized spacial score (nSPS) is 8.59. The summed E-state index contributed by atoms with van der Waals surface area (Å²) in [6.07, 6.45) is 4.96. The highest BCUT2D eigenvalue weighted by Crippen LogP contribution is 2.19. The molecule has 1 heteroatoms. The monoisotopic (exact) mass is 237 g/mol. The number of hydrogen-bond acceptors (Lipinski definition) is 1. The Labute approximate surface area is 109 Å². The van der Waals surface area contributed by atoms with Crippen LogP contribution in [0.4, 0.5) is 0 Å². The number of nitrogens with zero attached hydrogens (tertiary/aromatic N) is 1. The number of aryl methyl sites for hydroxylation is 1. The summed E-state index contributed by atoms with van der Waals surface area (Å²) in [6, 6.07) is 5.86. The maximum atomic E-state index is 3.98. The summed E-state index contributed by atoms with van der Waals surface area (Å²) in [5.74, 6) is 0. The molecule has 100 valence electrons. The first-order chi connectivity index (χ1) is 7.52. The van der Waals surface area contributed by atoms with Crippen molar-refractivity contribution in [2.24, 2.45) is 5.41 Å². The van der Waals surface area contributed by atoms with E-state index in [1.54, 1.807) is 6.20 Å². The largest absolute Gasteiger partial charge is 0.262 e. The van der Waals surface area contributed by atoms with Gasteiger partial charge in [0.05, 0.1) is 0 Å². The number of rotatable bonds is 2. The van der Waals surface area contributed by atoms with Crippen LogP contribution >= 0.6 is 0 Å². The lowest BCUT2D eigenvalue weighted by atomic mass is 9.91. The molecule has 0 aliphatic heterocycles. The van der Waals surface area contributed by atoms with Crippen LogP contribution in [0.3, 0.4) is 0 Å². The first-order valence-electron chi connectivity index (χ1n) is 6.03. The van der Waals surface area contributed by atoms with Gasteiger partial charge >= 0.3 is 0 Å². The Bertz CT molecular complexity index is 249. The highest BCUT2D eigenvalue weighted by molar-refractivity contribution is 4.99. The van der Waals surface area contributed by atoms with Crippen molar-refractivity contribution in [3.63, 3.8) is 0 Å². The molecule has 0 radical (unpaired) electrons. The van der Waals surface area contributed by atoms with Crippen LogP contribution in [0.5, 0.6) is 0 Å². The third kappa shape index (κ3) is 14.9. The van der Waals surface area contributed by atoms with Gasteiger partial charge in [0.25, 0.3) is 0 Å². The van der Waals surface area contributed by atoms with Crippen molar-refractivity contribution < 1.29 is 0 Å². The topological polar surface area (TPSA) is 12.9 Å². The van der Waals surface area contributed by atoms with Gasteiger partial charge in [-0.25, -0.2) is 0 Å². The van der Waals surface area contributed by atoms with Crippen LogP contribution in [-0.2, 0) is 0 Å². The van der Waals surface area contributed by atoms with Crippen LogP contribution in [0.25, 0.3) is 0 Å². The second-order valence-electron chi connectivity index (χ2n) is 4.02. The molecule has 0 atom stereocenters. The summed E-state index contributed by atoms with van der Waals surface area (Å²) in [4.78, 5) is 3.98. The van der Waals surface area contributed by atoms with Crippen LogP contribution in [0, 0.1) is 12.3 Å². The van der Waals surface area contributed by atoms with Crippen molar-refractivity contribution in [2.75, 3.05) is 0 Å². The van der Waals surface area contributed by atoms with Crippen LogP contribution < -0.4 is 0 Å². The zero-order chi connectivity index (χ0) is 13.0. The average molecular weight is 237 g/mol. The number of allylic oxidation sites excluding steroid dienone is 1. The molecule has 1 rings (SSSR count). The van der Waals surface area contributed by atoms with E-state index >= 15 is 0 Å². The Morgan fingerprint density at radius 2 is 1.82 bits per heavy atom. The predicted molar refractivity (Wildman–Crippen MR) is 81.3 cm³/mol. The minimum Gasteiger partial charge on any atom is -0.262 e. The molecular formula is C16H31N. The van der Waals surface area contributed by atoms with Gasteiger partial charge in [-0.15, -0.1) is 6.58 Å². The van der Waals surface area contributed by atoms with Gasteiger partial charge in [-0.2, -0.15) is 0 Å². The quantitative estimate of drug-likeness (QED) is 0.605. The Morgan fingerprint density at radius 3 is 1.94 bits per heavy atom. The van der Waals surface area contributed by atoms with Crippen LogP contribution in [0.2, 0.25) is 0 Å². The number of pyridine rings is 1. The average Bonchev–Trinajstić information content (AvgIpc) is 2.33. The maximum absolute atomic E-state index is 3.98. The number of hydrogen-bond donors (Lipinski definition) is 0. The van der Waals surface area contributed by atoms with E-state index in [2.05, 4.69) is 32.3 Å². The first kappa shape index (κ1) is 21.2. The van der Waals surface area contributed by atoms with Gasteiger partial charge in [0, 0.05) is 11.9 Å². The van der Waals surface area contributed by atoms with Crippen molar-refractivity contribution >= 4 is 0 Å². The molecular weight excluding hydrogens is 206 g/mol. The molecule has 0 amide bonds. The highest BCUT2D eigenvalue weighted by Gasteiger charge is 2.06. The second-order valence-corrected chi connectivity index (χ2v) is 4.02. The Kier molecular flexibility index (Phi) is 16.2. The molecule has 17 heavy (non-hydrogen) atoms. The molecule has 0 unspecified atom stereocenters. The molecule has 0 spiro atoms. The minimum absolute atomic E-state index is 0. The lowest BCUT2D eigenvalue weighted by Gasteiger charge is -2.14. The molecule has 0 saturated heterocycles. The molecule has 0 aromatic carbocycles. The van der Waals surface area contributed by atoms with Gasteiger partial charge in [0.15, 0.2) is 0 Å². The van der Waals surface area contributed by atoms with Crippen molar-refractivity contribution in [3.8, 4) is 0 Å². The van der Waals surface area contributed by atoms with Gasteiger partial charge in [0.1, 0.15) is 0 Å². The van der Waals surface area contributed by atoms with Crippen molar-refractivity contribution in [2.45, 2.75) is 55.4 Å². The molecule has 0 saturated carbocycles. The van der Waals surface area contributed by atoms with E-state index in [-0.39, 0.29) is 7.43 Å². The summed E-state index contributed by atoms with van der Waals surface area (Å²) in [7, 11) is 0. The molecule has 1 heterocycles. The molecule has 0 aliphatic rings. The molecule has 1 nitrogen and oxygen atoms in total. The second kappa shape index (κ2) is 13.0. The van der Waals surface area contributed by atoms with Crippen LogP contribution in [-0.4, -0.2) is 4.98 Å². The summed E-state index contributed by atoms with van der Waals surface area (Å²) in [6.45, 7) is 16.2. The maximum Gasteiger partial charge on any atom is 0.0372 e. The Hall–Kier alpha value is -1.11. The van der Waals surface area contributed by atoms with E-state index in [1.807, 2.05) is 45.0 Å². The summed E-state index contributed by atoms with van der Waals surface area (Å²) < 4.78 is 0. The molecule has 0 fully saturated rings. The fourth-order valence-electron chi connectivity index (χ4n) is 0.592. The van der Waals surface area contributed by atoms with E-state index in [0.717, 1.165) is 5.69 Å². The lowest BCUT2D eigenvalue weighted by Crippen LogP contribution is -2.02. The molecule has 0 bridgehead atoms. The van der Waals surface area contributed by atoms with Gasteiger partial charge in [0.2, 0.25) is 0 Å². The van der Waals surface area contributed by atoms with Gasteiger partial charge in [-0.1, -0.05) is 54.2 Å². The smallest absolute Gasteiger partial charge is 0.0372 e. The molecule has 0 N–H and O–H groups in total. The van der Waals surface area contributed by atoms with Crippen LogP contribution in [0.1, 0.15) is 54.2 Å². The van der Waals surface area contributed by atoms with Crippen molar-refractivity contribution in [3.05, 3.63) is 42.7 Å². The van der Waals surface area contributed by atoms with E-state index in [9.17, 15) is 0 Å². The Morgan fingerprint density at radius 1 is 1.29 bits per heavy atom.